The van der Waals surface area contributed by atoms with Crippen molar-refractivity contribution in [2.45, 2.75) is 166 Å². The standard InChI is InChI=1S/C37H60O31/c38-1-10-18(44)25(51)36(68-31(10)61-9-41)67-30-20(46)12(43)4-56-37(30)66-17-8-60-35(29(55)24(17)50)65-16-7-59-34(28(54)23(16)49)64-15-6-58-33(27(53)22(15)48)63-14-5-57-32(26(52)21(14)47)62-13(3-40)19(45)11(42)2-39/h2,9-38,40,42-55H,1,3-8H2/t10-,11?,12+,13+,14+,15+,16+,17+,18-,19+,20?,21?,22-,23?,24-,25?,26?,27?,28?,29?,30?,31?,32-,33-,34-,35-,36-,37-/m0/s1. The Bertz CT molecular complexity index is 1560. The summed E-state index contributed by atoms with van der Waals surface area (Å²) in [5, 5.41) is 167. The Labute approximate surface area is 383 Å². The average molecular weight is 1000 g/mol. The molecule has 6 saturated heterocycles. The second kappa shape index (κ2) is 24.6. The molecule has 0 saturated carbocycles. The SMILES string of the molecule is O=COC1O[C@H](OC2C(O)[C@H](O)CO[C@H]2O[C@@H]2CO[C@@H](O[C@@H]3CO[C@@H](O[C@@H]4CO[C@@H](O[C@@H]5CO[C@@H](O[C@H](CO)[C@H](O)C(O)C=O)C(O)C5O)C(O)[C@H]4O)C(O)C3O)C(O)[C@H]2O)C(O)[C@@H](O)[C@@H]1CO. The molecule has 0 radical (unpaired) electrons. The molecule has 68 heavy (non-hydrogen) atoms. The molecule has 0 amide bonds. The van der Waals surface area contributed by atoms with Crippen LogP contribution in [0, 0.1) is 5.92 Å². The van der Waals surface area contributed by atoms with Gasteiger partial charge in [0, 0.05) is 0 Å². The van der Waals surface area contributed by atoms with Crippen molar-refractivity contribution in [3.05, 3.63) is 0 Å². The predicted molar refractivity (Wildman–Crippen MR) is 202 cm³/mol. The van der Waals surface area contributed by atoms with E-state index in [1.54, 1.807) is 0 Å². The van der Waals surface area contributed by atoms with Crippen LogP contribution < -0.4 is 0 Å². The molecule has 11 unspecified atom stereocenters. The molecular weight excluding hydrogens is 940 g/mol. The third kappa shape index (κ3) is 12.3. The van der Waals surface area contributed by atoms with Gasteiger partial charge >= 0.3 is 0 Å². The average Bonchev–Trinajstić information content (AvgIpc) is 3.32. The molecule has 31 nitrogen and oxygen atoms in total. The highest BCUT2D eigenvalue weighted by molar-refractivity contribution is 5.56. The minimum Gasteiger partial charge on any atom is -0.437 e. The summed E-state index contributed by atoms with van der Waals surface area (Å²) in [7, 11) is 0. The van der Waals surface area contributed by atoms with Gasteiger partial charge in [0.15, 0.2) is 44.0 Å². The quantitative estimate of drug-likeness (QED) is 0.0534. The molecule has 6 rings (SSSR count). The number of rotatable bonds is 19. The first kappa shape index (κ1) is 55.3. The van der Waals surface area contributed by atoms with Gasteiger partial charge in [-0.05, 0) is 0 Å². The van der Waals surface area contributed by atoms with Crippen molar-refractivity contribution >= 4 is 12.8 Å². The molecule has 16 N–H and O–H groups in total. The van der Waals surface area contributed by atoms with E-state index in [1.165, 1.54) is 0 Å². The maximum absolute atomic E-state index is 11.0. The fraction of sp³-hybridized carbons (Fsp3) is 0.946. The van der Waals surface area contributed by atoms with E-state index in [2.05, 4.69) is 0 Å². The molecule has 6 heterocycles. The second-order valence-corrected chi connectivity index (χ2v) is 16.7. The molecule has 6 aliphatic rings. The molecule has 394 valence electrons. The summed E-state index contributed by atoms with van der Waals surface area (Å²) in [6.07, 6.45) is -47.0. The fourth-order valence-electron chi connectivity index (χ4n) is 7.99. The number of ether oxygens (including phenoxy) is 13. The molecule has 0 aromatic rings. The number of hydrogen-bond acceptors (Lipinski definition) is 31. The summed E-state index contributed by atoms with van der Waals surface area (Å²) in [6.45, 7) is -4.48. The monoisotopic (exact) mass is 1000 g/mol. The zero-order valence-corrected chi connectivity index (χ0v) is 35.5. The minimum atomic E-state index is -1.95. The van der Waals surface area contributed by atoms with Crippen LogP contribution in [0.25, 0.3) is 0 Å². The van der Waals surface area contributed by atoms with Crippen molar-refractivity contribution in [1.82, 2.24) is 0 Å². The van der Waals surface area contributed by atoms with Crippen LogP contribution >= 0.6 is 0 Å². The van der Waals surface area contributed by atoms with Crippen LogP contribution in [0.1, 0.15) is 0 Å². The van der Waals surface area contributed by atoms with Crippen molar-refractivity contribution in [2.75, 3.05) is 46.2 Å². The molecule has 6 fully saturated rings. The largest absolute Gasteiger partial charge is 0.437 e. The smallest absolute Gasteiger partial charge is 0.295 e. The highest BCUT2D eigenvalue weighted by Gasteiger charge is 2.53. The van der Waals surface area contributed by atoms with Crippen molar-refractivity contribution < 1.29 is 153 Å². The third-order valence-corrected chi connectivity index (χ3v) is 12.1. The zero-order chi connectivity index (χ0) is 49.7. The van der Waals surface area contributed by atoms with Crippen molar-refractivity contribution in [2.24, 2.45) is 5.92 Å². The van der Waals surface area contributed by atoms with Crippen LogP contribution in [-0.2, 0) is 71.2 Å². The van der Waals surface area contributed by atoms with Crippen molar-refractivity contribution in [3.63, 3.8) is 0 Å². The normalized spacial score (nSPS) is 48.5. The van der Waals surface area contributed by atoms with Gasteiger partial charge in [-0.15, -0.1) is 0 Å². The highest BCUT2D eigenvalue weighted by atomic mass is 16.8. The molecular formula is C37H60O31. The first-order valence-electron chi connectivity index (χ1n) is 21.3. The van der Waals surface area contributed by atoms with Gasteiger partial charge < -0.3 is 148 Å². The first-order valence-corrected chi connectivity index (χ1v) is 21.3. The summed E-state index contributed by atoms with van der Waals surface area (Å²) in [6, 6.07) is 0. The Morgan fingerprint density at radius 1 is 0.471 bits per heavy atom. The molecule has 0 aromatic heterocycles. The maximum atomic E-state index is 11.0. The van der Waals surface area contributed by atoms with Gasteiger partial charge in [0.2, 0.25) is 6.29 Å². The van der Waals surface area contributed by atoms with Crippen molar-refractivity contribution in [3.8, 4) is 0 Å². The van der Waals surface area contributed by atoms with E-state index in [9.17, 15) is 91.3 Å². The van der Waals surface area contributed by atoms with E-state index >= 15 is 0 Å². The lowest BCUT2D eigenvalue weighted by Crippen LogP contribution is -2.64. The molecule has 6 aliphatic heterocycles. The van der Waals surface area contributed by atoms with Gasteiger partial charge in [-0.2, -0.15) is 0 Å². The number of aldehydes is 1. The lowest BCUT2D eigenvalue weighted by Gasteiger charge is -2.46. The molecule has 28 atom stereocenters. The highest BCUT2D eigenvalue weighted by Crippen LogP contribution is 2.34. The molecule has 0 spiro atoms. The van der Waals surface area contributed by atoms with Crippen LogP contribution in [0.5, 0.6) is 0 Å². The van der Waals surface area contributed by atoms with Crippen LogP contribution in [-0.4, -0.2) is 307 Å². The maximum Gasteiger partial charge on any atom is 0.295 e. The second-order valence-electron chi connectivity index (χ2n) is 16.7. The van der Waals surface area contributed by atoms with E-state index in [0.717, 1.165) is 0 Å². The fourth-order valence-corrected chi connectivity index (χ4v) is 7.99. The zero-order valence-electron chi connectivity index (χ0n) is 35.5. The molecule has 0 aliphatic carbocycles. The van der Waals surface area contributed by atoms with E-state index in [-0.39, 0.29) is 12.8 Å². The van der Waals surface area contributed by atoms with Crippen molar-refractivity contribution in [1.29, 1.82) is 0 Å². The number of carbonyl (C=O) groups excluding carboxylic acids is 2. The predicted octanol–water partition coefficient (Wildman–Crippen LogP) is -12.2. The van der Waals surface area contributed by atoms with Crippen LogP contribution in [0.2, 0.25) is 0 Å². The van der Waals surface area contributed by atoms with Crippen LogP contribution in [0.4, 0.5) is 0 Å². The summed E-state index contributed by atoms with van der Waals surface area (Å²) < 4.78 is 70.8. The Hall–Kier alpha value is -1.98. The Balaban J connectivity index is 0.963. The summed E-state index contributed by atoms with van der Waals surface area (Å²) >= 11 is 0. The minimum absolute atomic E-state index is 0.0125. The van der Waals surface area contributed by atoms with Gasteiger partial charge in [0.25, 0.3) is 6.47 Å². The van der Waals surface area contributed by atoms with Gasteiger partial charge in [0.05, 0.1) is 58.3 Å². The lowest BCUT2D eigenvalue weighted by atomic mass is 9.94. The number of aliphatic hydroxyl groups excluding tert-OH is 16. The van der Waals surface area contributed by atoms with E-state index in [1.807, 2.05) is 0 Å². The Kier molecular flexibility index (Phi) is 20.0. The number of carbonyl (C=O) groups is 2. The molecule has 31 heteroatoms. The topological polar surface area (TPSA) is 478 Å². The van der Waals surface area contributed by atoms with Gasteiger partial charge in [0.1, 0.15) is 116 Å². The van der Waals surface area contributed by atoms with Gasteiger partial charge in [-0.3, -0.25) is 4.79 Å². The van der Waals surface area contributed by atoms with E-state index < -0.39 is 218 Å². The third-order valence-electron chi connectivity index (χ3n) is 12.1. The van der Waals surface area contributed by atoms with E-state index in [4.69, 9.17) is 61.6 Å². The van der Waals surface area contributed by atoms with Crippen LogP contribution in [0.15, 0.2) is 0 Å². The Morgan fingerprint density at radius 2 is 0.882 bits per heavy atom. The molecule has 0 aromatic carbocycles. The number of hydrogen-bond donors (Lipinski definition) is 16. The summed E-state index contributed by atoms with van der Waals surface area (Å²) in [5.74, 6) is -1.30. The first-order chi connectivity index (χ1) is 32.3. The summed E-state index contributed by atoms with van der Waals surface area (Å²) in [4.78, 5) is 21.8. The Morgan fingerprint density at radius 3 is 1.31 bits per heavy atom. The summed E-state index contributed by atoms with van der Waals surface area (Å²) in [5.41, 5.74) is 0. The lowest BCUT2D eigenvalue weighted by molar-refractivity contribution is -0.385. The molecule has 0 bridgehead atoms. The van der Waals surface area contributed by atoms with Crippen LogP contribution in [0.3, 0.4) is 0 Å². The van der Waals surface area contributed by atoms with E-state index in [0.29, 0.717) is 0 Å². The van der Waals surface area contributed by atoms with Gasteiger partial charge in [-0.1, -0.05) is 0 Å². The van der Waals surface area contributed by atoms with Gasteiger partial charge in [-0.25, -0.2) is 0 Å². The number of aliphatic hydroxyl groups is 16.